The molecule has 1 aliphatic rings. The van der Waals surface area contributed by atoms with Gasteiger partial charge in [-0.25, -0.2) is 13.1 Å². The van der Waals surface area contributed by atoms with Crippen molar-refractivity contribution < 1.29 is 31.1 Å². The lowest BCUT2D eigenvalue weighted by Crippen LogP contribution is -2.29. The molecule has 1 aromatic carbocycles. The number of ether oxygens (including phenoxy) is 2. The zero-order chi connectivity index (χ0) is 21.2. The first-order valence-electron chi connectivity index (χ1n) is 9.07. The molecule has 1 N–H and O–H groups in total. The van der Waals surface area contributed by atoms with E-state index in [1.165, 1.54) is 17.9 Å². The quantitative estimate of drug-likeness (QED) is 0.726. The van der Waals surface area contributed by atoms with Crippen LogP contribution in [0.25, 0.3) is 0 Å². The number of rotatable bonds is 7. The van der Waals surface area contributed by atoms with Crippen molar-refractivity contribution in [2.45, 2.75) is 44.0 Å². The molecule has 7 nitrogen and oxygen atoms in total. The topological polar surface area (TPSA) is 82.5 Å². The van der Waals surface area contributed by atoms with Gasteiger partial charge in [-0.2, -0.15) is 18.3 Å². The average Bonchev–Trinajstić information content (AvgIpc) is 3.06. The van der Waals surface area contributed by atoms with Crippen molar-refractivity contribution in [3.8, 4) is 5.75 Å². The molecule has 0 aliphatic carbocycles. The van der Waals surface area contributed by atoms with E-state index in [-0.39, 0.29) is 42.3 Å². The van der Waals surface area contributed by atoms with Gasteiger partial charge in [0.2, 0.25) is 10.0 Å². The molecule has 3 rings (SSSR count). The molecule has 1 aliphatic heterocycles. The molecule has 0 saturated carbocycles. The fourth-order valence-electron chi connectivity index (χ4n) is 3.24. The first kappa shape index (κ1) is 21.6. The van der Waals surface area contributed by atoms with Crippen LogP contribution < -0.4 is 9.46 Å². The summed E-state index contributed by atoms with van der Waals surface area (Å²) < 4.78 is 79.0. The molecule has 0 radical (unpaired) electrons. The van der Waals surface area contributed by atoms with E-state index < -0.39 is 21.9 Å². The fourth-order valence-corrected chi connectivity index (χ4v) is 4.47. The first-order valence-corrected chi connectivity index (χ1v) is 10.6. The monoisotopic (exact) mass is 433 g/mol. The van der Waals surface area contributed by atoms with Crippen molar-refractivity contribution in [3.05, 3.63) is 40.7 Å². The van der Waals surface area contributed by atoms with E-state index in [4.69, 9.17) is 9.47 Å². The van der Waals surface area contributed by atoms with Gasteiger partial charge in [-0.3, -0.25) is 4.68 Å². The lowest BCUT2D eigenvalue weighted by atomic mass is 10.1. The summed E-state index contributed by atoms with van der Waals surface area (Å²) in [7, 11) is -2.54. The summed E-state index contributed by atoms with van der Waals surface area (Å²) in [5.74, 6) is 0.197. The third kappa shape index (κ3) is 4.57. The van der Waals surface area contributed by atoms with Gasteiger partial charge in [0, 0.05) is 24.2 Å². The van der Waals surface area contributed by atoms with Gasteiger partial charge in [0.05, 0.1) is 26.9 Å². The van der Waals surface area contributed by atoms with Crippen LogP contribution in [0.2, 0.25) is 0 Å². The molecule has 2 aromatic rings. The number of aromatic nitrogens is 2. The Bertz CT molecular complexity index is 987. The molecule has 0 bridgehead atoms. The highest BCUT2D eigenvalue weighted by molar-refractivity contribution is 7.89. The first-order chi connectivity index (χ1) is 13.7. The molecule has 0 atom stereocenters. The molecule has 11 heteroatoms. The van der Waals surface area contributed by atoms with E-state index >= 15 is 0 Å². The van der Waals surface area contributed by atoms with Gasteiger partial charge in [0.15, 0.2) is 5.69 Å². The van der Waals surface area contributed by atoms with Crippen molar-refractivity contribution in [1.82, 2.24) is 14.5 Å². The number of hydrogen-bond acceptors (Lipinski definition) is 5. The van der Waals surface area contributed by atoms with E-state index in [2.05, 4.69) is 9.82 Å². The van der Waals surface area contributed by atoms with Crippen LogP contribution in [0, 0.1) is 0 Å². The largest absolute Gasteiger partial charge is 0.495 e. The molecule has 0 spiro atoms. The summed E-state index contributed by atoms with van der Waals surface area (Å²) in [5, 5.41) is 3.67. The SMILES string of the molecule is CCc1ccc(OC)c(S(=O)(=O)NCCn2nc(C(F)(F)F)c3c2CCOC3)c1. The van der Waals surface area contributed by atoms with Gasteiger partial charge in [0.25, 0.3) is 0 Å². The van der Waals surface area contributed by atoms with Crippen LogP contribution in [0.3, 0.4) is 0 Å². The van der Waals surface area contributed by atoms with Gasteiger partial charge in [-0.05, 0) is 24.1 Å². The minimum atomic E-state index is -4.59. The number of sulfonamides is 1. The summed E-state index contributed by atoms with van der Waals surface area (Å²) in [6.45, 7) is 1.88. The molecule has 0 amide bonds. The van der Waals surface area contributed by atoms with E-state index in [1.807, 2.05) is 6.92 Å². The molecule has 1 aromatic heterocycles. The van der Waals surface area contributed by atoms with Gasteiger partial charge >= 0.3 is 6.18 Å². The van der Waals surface area contributed by atoms with E-state index in [0.717, 1.165) is 5.56 Å². The number of hydrogen-bond donors (Lipinski definition) is 1. The lowest BCUT2D eigenvalue weighted by molar-refractivity contribution is -0.142. The highest BCUT2D eigenvalue weighted by Crippen LogP contribution is 2.34. The standard InChI is InChI=1S/C18H22F3N3O4S/c1-3-12-4-5-15(27-2)16(10-12)29(25,26)22-7-8-24-14-6-9-28-11-13(14)17(23-24)18(19,20)21/h4-5,10,22H,3,6-9,11H2,1-2H3. The number of methoxy groups -OCH3 is 1. The highest BCUT2D eigenvalue weighted by atomic mass is 32.2. The smallest absolute Gasteiger partial charge is 0.435 e. The number of alkyl halides is 3. The Morgan fingerprint density at radius 3 is 2.76 bits per heavy atom. The van der Waals surface area contributed by atoms with Gasteiger partial charge in [-0.15, -0.1) is 0 Å². The van der Waals surface area contributed by atoms with Crippen molar-refractivity contribution in [3.63, 3.8) is 0 Å². The predicted molar refractivity (Wildman–Crippen MR) is 98.1 cm³/mol. The zero-order valence-corrected chi connectivity index (χ0v) is 16.9. The normalized spacial score (nSPS) is 14.7. The molecular formula is C18H22F3N3O4S. The number of fused-ring (bicyclic) bond motifs is 1. The van der Waals surface area contributed by atoms with Crippen molar-refractivity contribution in [1.29, 1.82) is 0 Å². The van der Waals surface area contributed by atoms with Gasteiger partial charge in [-0.1, -0.05) is 13.0 Å². The third-order valence-electron chi connectivity index (χ3n) is 4.71. The Balaban J connectivity index is 1.79. The maximum atomic E-state index is 13.2. The van der Waals surface area contributed by atoms with Crippen molar-refractivity contribution in [2.24, 2.45) is 0 Å². The number of benzene rings is 1. The minimum absolute atomic E-state index is 0.00813. The second kappa shape index (κ2) is 8.33. The number of nitrogens with one attached hydrogen (secondary N) is 1. The fraction of sp³-hybridized carbons (Fsp3) is 0.500. The molecule has 0 saturated heterocycles. The summed E-state index contributed by atoms with van der Waals surface area (Å²) in [6, 6.07) is 4.87. The van der Waals surface area contributed by atoms with Crippen LogP contribution in [-0.2, 0) is 46.9 Å². The number of aryl methyl sites for hydroxylation is 1. The Hall–Kier alpha value is -2.11. The lowest BCUT2D eigenvalue weighted by Gasteiger charge is -2.16. The van der Waals surface area contributed by atoms with E-state index in [1.54, 1.807) is 12.1 Å². The molecule has 29 heavy (non-hydrogen) atoms. The predicted octanol–water partition coefficient (Wildman–Crippen LogP) is 2.52. The molecule has 160 valence electrons. The van der Waals surface area contributed by atoms with Crippen molar-refractivity contribution in [2.75, 3.05) is 20.3 Å². The Kier molecular flexibility index (Phi) is 6.20. The van der Waals surface area contributed by atoms with Crippen LogP contribution >= 0.6 is 0 Å². The van der Waals surface area contributed by atoms with E-state index in [9.17, 15) is 21.6 Å². The number of halogens is 3. The van der Waals surface area contributed by atoms with Crippen LogP contribution in [0.4, 0.5) is 13.2 Å². The second-order valence-electron chi connectivity index (χ2n) is 6.53. The number of nitrogens with zero attached hydrogens (tertiary/aromatic N) is 2. The maximum Gasteiger partial charge on any atom is 0.435 e. The van der Waals surface area contributed by atoms with Crippen molar-refractivity contribution >= 4 is 10.0 Å². The zero-order valence-electron chi connectivity index (χ0n) is 16.0. The summed E-state index contributed by atoms with van der Waals surface area (Å²) in [6.07, 6.45) is -3.66. The van der Waals surface area contributed by atoms with E-state index in [0.29, 0.717) is 18.7 Å². The molecule has 0 unspecified atom stereocenters. The Morgan fingerprint density at radius 2 is 2.10 bits per heavy atom. The van der Waals surface area contributed by atoms with Crippen LogP contribution in [-0.4, -0.2) is 38.5 Å². The molecule has 2 heterocycles. The molecule has 0 fully saturated rings. The van der Waals surface area contributed by atoms with Crippen LogP contribution in [0.1, 0.15) is 29.4 Å². The van der Waals surface area contributed by atoms with Crippen LogP contribution in [0.15, 0.2) is 23.1 Å². The van der Waals surface area contributed by atoms with Crippen LogP contribution in [0.5, 0.6) is 5.75 Å². The Morgan fingerprint density at radius 1 is 1.34 bits per heavy atom. The Labute approximate surface area is 166 Å². The third-order valence-corrected chi connectivity index (χ3v) is 6.19. The summed E-state index contributed by atoms with van der Waals surface area (Å²) >= 11 is 0. The molecular weight excluding hydrogens is 411 g/mol. The summed E-state index contributed by atoms with van der Waals surface area (Å²) in [5.41, 5.74) is 0.284. The van der Waals surface area contributed by atoms with Gasteiger partial charge < -0.3 is 9.47 Å². The van der Waals surface area contributed by atoms with Gasteiger partial charge in [0.1, 0.15) is 10.6 Å². The minimum Gasteiger partial charge on any atom is -0.495 e. The maximum absolute atomic E-state index is 13.2. The average molecular weight is 433 g/mol. The highest BCUT2D eigenvalue weighted by Gasteiger charge is 2.39. The summed E-state index contributed by atoms with van der Waals surface area (Å²) in [4.78, 5) is -0.00813. The second-order valence-corrected chi connectivity index (χ2v) is 8.27.